The minimum Gasteiger partial charge on any atom is -0.480 e. The number of alkyl halides is 8. The maximum Gasteiger partial charge on any atom is 0.574 e. The Morgan fingerprint density at radius 3 is 1.49 bits per heavy atom. The molecule has 37 heteroatoms. The number of nitrogens with two attached hydrogens (primary N) is 2. The molecule has 0 aliphatic carbocycles. The van der Waals surface area contributed by atoms with Crippen molar-refractivity contribution in [3.8, 4) is 34.0 Å². The van der Waals surface area contributed by atoms with Crippen LogP contribution in [0.15, 0.2) is 97.6 Å². The van der Waals surface area contributed by atoms with Gasteiger partial charge in [-0.25, -0.2) is 28.7 Å². The van der Waals surface area contributed by atoms with Crippen LogP contribution in [0, 0.1) is 0 Å². The number of hydrogen-bond donors (Lipinski definition) is 6. The Morgan fingerprint density at radius 1 is 0.656 bits per heavy atom. The Hall–Kier alpha value is -9.26. The van der Waals surface area contributed by atoms with E-state index >= 15 is 0 Å². The zero-order chi connectivity index (χ0) is 63.5. The highest BCUT2D eigenvalue weighted by molar-refractivity contribution is 8.07. The molecular formula is C53H53ClF8N16O9S3. The van der Waals surface area contributed by atoms with E-state index in [1.165, 1.54) is 59.9 Å². The van der Waals surface area contributed by atoms with Crippen LogP contribution < -0.4 is 36.9 Å². The smallest absolute Gasteiger partial charge is 0.480 e. The number of nitrogens with one attached hydrogen (secondary N) is 3. The number of Topliss-reactive ketones (excluding diaryl/α,β-unsaturated/α-hetero) is 2. The van der Waals surface area contributed by atoms with Crippen LogP contribution in [0.25, 0.3) is 44.1 Å². The average molecular weight is 1340 g/mol. The lowest BCUT2D eigenvalue weighted by Gasteiger charge is -2.23. The number of rotatable bonds is 14. The zero-order valence-corrected chi connectivity index (χ0v) is 49.3. The number of aliphatic carboxylic acids is 1. The van der Waals surface area contributed by atoms with Gasteiger partial charge in [-0.2, -0.15) is 33.7 Å². The number of hydrogen-bond acceptors (Lipinski definition) is 21. The number of carbonyl (C=O) groups excluding carboxylic acids is 5. The second-order valence-corrected chi connectivity index (χ2v) is 18.6. The molecule has 2 aliphatic rings. The van der Waals surface area contributed by atoms with Crippen LogP contribution in [-0.2, 0) is 54.6 Å². The summed E-state index contributed by atoms with van der Waals surface area (Å²) in [6, 6.07) is 15.3. The number of nitrogens with zero attached hydrogens (tertiary/aromatic N) is 11. The van der Waals surface area contributed by atoms with E-state index in [0.29, 0.717) is 32.9 Å². The van der Waals surface area contributed by atoms with Crippen molar-refractivity contribution in [1.82, 2.24) is 59.7 Å². The van der Waals surface area contributed by atoms with Gasteiger partial charge in [0.25, 0.3) is 0 Å². The van der Waals surface area contributed by atoms with Gasteiger partial charge in [-0.3, -0.25) is 38.1 Å². The van der Waals surface area contributed by atoms with Crippen molar-refractivity contribution in [2.45, 2.75) is 84.4 Å². The summed E-state index contributed by atoms with van der Waals surface area (Å²) < 4.78 is 111. The summed E-state index contributed by atoms with van der Waals surface area (Å²) in [4.78, 5) is 97.0. The van der Waals surface area contributed by atoms with Crippen molar-refractivity contribution >= 4 is 129 Å². The van der Waals surface area contributed by atoms with Gasteiger partial charge in [0.15, 0.2) is 11.6 Å². The molecule has 480 valence electrons. The molecule has 8 aromatic rings. The standard InChI is InChI=1S/C26H22F4N8O4.C15H13N5O3.C11H11F4N3O2.CH4.ClH.S2.H2S/c1-13(39)23-17-7-14(15-9-32-25(31)33-10-15)5-6-18(17)38(36-23)12-22(40)37-11-16(27)8-19(37)24(41)35-20-3-2-4-21(34-20)42-26(28,29)30;1-8(21)14-11-4-9(10-5-17-15(16)18-6-10)2-3-12(11)20(19-14)7-13(22)23;12-6-4-7(16-5-6)10(19)18-8-2-1-3-9(17-8)20-11(13,14)15;;;1-2;/h2-7,9-10,16,19H,8,11-12H2,1H3,(H2,31,32,33)(H,34,35,41);2-6H,7H2,1H3,(H,22,23)(H2,16,17,18);1-3,6-7,16H,4-5H2,(H,17,18,19);1H4;1H;;1H2/t16-,19+;;6-,7+;;;;/m1.1..../s1. The van der Waals surface area contributed by atoms with Crippen molar-refractivity contribution in [3.05, 3.63) is 109 Å². The fraction of sp³-hybridized carbons (Fsp3) is 0.283. The van der Waals surface area contributed by atoms with Crippen LogP contribution in [0.1, 0.15) is 55.1 Å². The van der Waals surface area contributed by atoms with Crippen LogP contribution in [0.5, 0.6) is 11.8 Å². The number of halogens is 9. The number of aromatic nitrogens is 10. The number of ether oxygens (including phenoxy) is 2. The number of pyridine rings is 2. The lowest BCUT2D eigenvalue weighted by molar-refractivity contribution is -0.277. The highest BCUT2D eigenvalue weighted by Crippen LogP contribution is 2.31. The highest BCUT2D eigenvalue weighted by atomic mass is 35.5. The lowest BCUT2D eigenvalue weighted by Crippen LogP contribution is -2.44. The lowest BCUT2D eigenvalue weighted by atomic mass is 10.0. The molecule has 90 heavy (non-hydrogen) atoms. The Labute approximate surface area is 527 Å². The molecule has 3 amide bonds. The van der Waals surface area contributed by atoms with E-state index < -0.39 is 79.1 Å². The first kappa shape index (κ1) is 73.2. The zero-order valence-electron chi connectivity index (χ0n) is 45.8. The monoisotopic (exact) mass is 1340 g/mol. The fourth-order valence-electron chi connectivity index (χ4n) is 8.74. The van der Waals surface area contributed by atoms with Gasteiger partial charge < -0.3 is 46.9 Å². The third kappa shape index (κ3) is 19.6. The number of fused-ring (bicyclic) bond motifs is 2. The number of amides is 3. The van der Waals surface area contributed by atoms with Crippen molar-refractivity contribution in [2.24, 2.45) is 0 Å². The van der Waals surface area contributed by atoms with Gasteiger partial charge >= 0.3 is 18.7 Å². The summed E-state index contributed by atoms with van der Waals surface area (Å²) in [7, 11) is 0. The van der Waals surface area contributed by atoms with Gasteiger partial charge in [-0.1, -0.05) is 31.7 Å². The molecule has 0 spiro atoms. The summed E-state index contributed by atoms with van der Waals surface area (Å²) in [5.74, 6) is -5.26. The second-order valence-electron chi connectivity index (χ2n) is 18.6. The van der Waals surface area contributed by atoms with E-state index in [2.05, 4.69) is 87.9 Å². The van der Waals surface area contributed by atoms with Gasteiger partial charge in [0.2, 0.25) is 41.4 Å². The number of carboxylic acid groups (broad SMARTS) is 1. The number of carbonyl (C=O) groups is 6. The predicted octanol–water partition coefficient (Wildman–Crippen LogP) is 7.30. The summed E-state index contributed by atoms with van der Waals surface area (Å²) in [5.41, 5.74) is 15.2. The van der Waals surface area contributed by atoms with Gasteiger partial charge in [0.1, 0.15) is 54.5 Å². The molecule has 0 unspecified atom stereocenters. The van der Waals surface area contributed by atoms with Gasteiger partial charge in [0, 0.05) is 114 Å². The minimum atomic E-state index is -4.99. The summed E-state index contributed by atoms with van der Waals surface area (Å²) in [6.45, 7) is 1.67. The number of anilines is 4. The average Bonchev–Trinajstić information content (AvgIpc) is 1.77. The van der Waals surface area contributed by atoms with E-state index in [1.54, 1.807) is 48.8 Å². The van der Waals surface area contributed by atoms with E-state index in [4.69, 9.17) is 16.6 Å². The molecule has 10 rings (SSSR count). The molecular weight excluding hydrogens is 1290 g/mol. The first-order valence-corrected chi connectivity index (χ1v) is 26.5. The topological polar surface area (TPSA) is 345 Å². The molecule has 0 saturated carbocycles. The minimum absolute atomic E-state index is 0. The Balaban J connectivity index is 0.000000306. The molecule has 8 N–H and O–H groups in total. The van der Waals surface area contributed by atoms with E-state index in [1.807, 2.05) is 0 Å². The van der Waals surface area contributed by atoms with Crippen LogP contribution in [0.2, 0.25) is 0 Å². The van der Waals surface area contributed by atoms with Crippen LogP contribution >= 0.6 is 25.9 Å². The number of carboxylic acids is 1. The Kier molecular flexibility index (Phi) is 25.8. The van der Waals surface area contributed by atoms with Crippen molar-refractivity contribution in [2.75, 3.05) is 35.2 Å². The molecule has 4 atom stereocenters. The quantitative estimate of drug-likeness (QED) is 0.0459. The Bertz CT molecular complexity index is 3860. The largest absolute Gasteiger partial charge is 0.574 e. The van der Waals surface area contributed by atoms with Gasteiger partial charge in [-0.05, 0) is 47.5 Å². The number of benzene rings is 2. The van der Waals surface area contributed by atoms with Crippen LogP contribution in [-0.4, -0.2) is 145 Å². The molecule has 25 nitrogen and oxygen atoms in total. The molecule has 2 aliphatic heterocycles. The first-order chi connectivity index (χ1) is 41.2. The van der Waals surface area contributed by atoms with E-state index in [9.17, 15) is 63.9 Å². The summed E-state index contributed by atoms with van der Waals surface area (Å²) in [5, 5.41) is 25.7. The third-order valence-electron chi connectivity index (χ3n) is 12.4. The molecule has 8 heterocycles. The normalized spacial score (nSPS) is 15.7. The SMILES string of the molecule is C.CC(=O)c1nn(CC(=O)N2C[C@H](F)C[C@H]2C(=O)Nc2cccc(OC(F)(F)F)n2)c2ccc(-c3cnc(N)nc3)cc12.CC(=O)c1nn(CC(=O)O)c2ccc(-c3cnc(N)nc3)cc12.Cl.O=C(Nc1cccc(OC(F)(F)F)n1)[C@@H]1C[C@@H](F)CN1.S.S=S. The summed E-state index contributed by atoms with van der Waals surface area (Å²) in [6.07, 6.45) is -6.59. The predicted molar refractivity (Wildman–Crippen MR) is 322 cm³/mol. The van der Waals surface area contributed by atoms with Crippen molar-refractivity contribution in [3.63, 3.8) is 0 Å². The van der Waals surface area contributed by atoms with Crippen LogP contribution in [0.3, 0.4) is 0 Å². The van der Waals surface area contributed by atoms with Gasteiger partial charge in [-0.15, -0.1) is 38.7 Å². The molecule has 2 aromatic carbocycles. The first-order valence-electron chi connectivity index (χ1n) is 25.1. The molecule has 0 radical (unpaired) electrons. The second kappa shape index (κ2) is 31.8. The van der Waals surface area contributed by atoms with E-state index in [0.717, 1.165) is 28.2 Å². The Morgan fingerprint density at radius 2 is 1.09 bits per heavy atom. The van der Waals surface area contributed by atoms with E-state index in [-0.39, 0.29) is 112 Å². The fourth-order valence-corrected chi connectivity index (χ4v) is 8.74. The number of likely N-dealkylation sites (tertiary alicyclic amines) is 1. The molecule has 0 bridgehead atoms. The number of ketones is 2. The number of nitrogen functional groups attached to an aromatic ring is 2. The van der Waals surface area contributed by atoms with Gasteiger partial charge in [0.05, 0.1) is 23.6 Å². The van der Waals surface area contributed by atoms with Crippen molar-refractivity contribution in [1.29, 1.82) is 0 Å². The third-order valence-corrected chi connectivity index (χ3v) is 12.4. The molecule has 2 fully saturated rings. The summed E-state index contributed by atoms with van der Waals surface area (Å²) >= 11 is 7.33. The van der Waals surface area contributed by atoms with Crippen molar-refractivity contribution < 1.29 is 78.5 Å². The maximum absolute atomic E-state index is 14.4. The molecule has 2 saturated heterocycles. The van der Waals surface area contributed by atoms with Crippen LogP contribution in [0.4, 0.5) is 58.7 Å². The molecule has 6 aromatic heterocycles. The highest BCUT2D eigenvalue weighted by Gasteiger charge is 2.41. The maximum atomic E-state index is 14.4.